The molecule has 0 saturated carbocycles. The molecule has 0 bridgehead atoms. The van der Waals surface area contributed by atoms with Gasteiger partial charge in [-0.15, -0.1) is 0 Å². The smallest absolute Gasteiger partial charge is 0.257 e. The molecule has 1 aliphatic heterocycles. The number of para-hydroxylation sites is 1. The van der Waals surface area contributed by atoms with E-state index in [-0.39, 0.29) is 17.4 Å². The highest BCUT2D eigenvalue weighted by Gasteiger charge is 2.31. The number of methoxy groups -OCH3 is 2. The van der Waals surface area contributed by atoms with Gasteiger partial charge in [-0.2, -0.15) is 0 Å². The summed E-state index contributed by atoms with van der Waals surface area (Å²) in [6, 6.07) is 12.2. The first kappa shape index (κ1) is 19.6. The molecule has 8 heteroatoms. The quantitative estimate of drug-likeness (QED) is 0.699. The number of ether oxygens (including phenoxy) is 2. The van der Waals surface area contributed by atoms with Gasteiger partial charge in [0, 0.05) is 31.3 Å². The van der Waals surface area contributed by atoms with E-state index >= 15 is 0 Å². The molecule has 0 spiro atoms. The lowest BCUT2D eigenvalue weighted by Crippen LogP contribution is -2.29. The molecule has 0 unspecified atom stereocenters. The zero-order chi connectivity index (χ0) is 21.1. The average molecular weight is 406 g/mol. The second-order valence-electron chi connectivity index (χ2n) is 7.01. The summed E-state index contributed by atoms with van der Waals surface area (Å²) in [6.45, 7) is 1.04. The van der Waals surface area contributed by atoms with Crippen LogP contribution < -0.4 is 15.0 Å². The number of nitrogens with one attached hydrogen (secondary N) is 1. The maximum Gasteiger partial charge on any atom is 0.257 e. The van der Waals surface area contributed by atoms with Crippen molar-refractivity contribution in [1.29, 1.82) is 0 Å². The van der Waals surface area contributed by atoms with Crippen molar-refractivity contribution >= 4 is 5.91 Å². The SMILES string of the molecule is COc1ccccc1C(=O)N1CC[C@@H](c2nc(-c3cccnc3OC)cc(=O)[nH]2)C1. The van der Waals surface area contributed by atoms with Crippen LogP contribution in [0.4, 0.5) is 0 Å². The van der Waals surface area contributed by atoms with E-state index in [1.807, 2.05) is 18.2 Å². The van der Waals surface area contributed by atoms with Gasteiger partial charge in [0.2, 0.25) is 5.88 Å². The lowest BCUT2D eigenvalue weighted by Gasteiger charge is -2.18. The number of aromatic nitrogens is 3. The summed E-state index contributed by atoms with van der Waals surface area (Å²) < 4.78 is 10.6. The van der Waals surface area contributed by atoms with Crippen molar-refractivity contribution in [1.82, 2.24) is 19.9 Å². The van der Waals surface area contributed by atoms with E-state index in [2.05, 4.69) is 15.0 Å². The van der Waals surface area contributed by atoms with Crippen molar-refractivity contribution in [2.75, 3.05) is 27.3 Å². The molecule has 8 nitrogen and oxygen atoms in total. The fourth-order valence-corrected chi connectivity index (χ4v) is 3.72. The number of hydrogen-bond donors (Lipinski definition) is 1. The van der Waals surface area contributed by atoms with E-state index in [0.717, 1.165) is 0 Å². The van der Waals surface area contributed by atoms with E-state index < -0.39 is 0 Å². The minimum Gasteiger partial charge on any atom is -0.496 e. The van der Waals surface area contributed by atoms with Crippen LogP contribution in [0.3, 0.4) is 0 Å². The van der Waals surface area contributed by atoms with Crippen LogP contribution in [0.1, 0.15) is 28.5 Å². The second-order valence-corrected chi connectivity index (χ2v) is 7.01. The van der Waals surface area contributed by atoms with E-state index in [1.165, 1.54) is 13.2 Å². The standard InChI is InChI=1S/C22H22N4O4/c1-29-18-8-4-3-6-16(18)22(28)26-11-9-14(13-26)20-24-17(12-19(27)25-20)15-7-5-10-23-21(15)30-2/h3-8,10,12,14H,9,11,13H2,1-2H3,(H,24,25,27)/t14-/m1/s1. The average Bonchev–Trinajstić information content (AvgIpc) is 3.28. The normalized spacial score (nSPS) is 15.8. The Bertz CT molecular complexity index is 1130. The van der Waals surface area contributed by atoms with E-state index in [9.17, 15) is 9.59 Å². The Morgan fingerprint density at radius 1 is 1.17 bits per heavy atom. The van der Waals surface area contributed by atoms with Crippen LogP contribution in [0.15, 0.2) is 53.5 Å². The van der Waals surface area contributed by atoms with Crippen molar-refractivity contribution in [3.05, 3.63) is 70.4 Å². The zero-order valence-electron chi connectivity index (χ0n) is 16.8. The minimum atomic E-state index is -0.254. The van der Waals surface area contributed by atoms with Gasteiger partial charge in [-0.05, 0) is 30.7 Å². The van der Waals surface area contributed by atoms with Crippen LogP contribution in [0.25, 0.3) is 11.3 Å². The van der Waals surface area contributed by atoms with Gasteiger partial charge in [0.1, 0.15) is 11.6 Å². The molecule has 1 amide bonds. The lowest BCUT2D eigenvalue weighted by molar-refractivity contribution is 0.0787. The van der Waals surface area contributed by atoms with Crippen molar-refractivity contribution in [2.24, 2.45) is 0 Å². The molecule has 3 heterocycles. The van der Waals surface area contributed by atoms with Crippen LogP contribution in [0, 0.1) is 0 Å². The molecule has 1 fully saturated rings. The molecular weight excluding hydrogens is 384 g/mol. The molecule has 0 radical (unpaired) electrons. The first-order valence-corrected chi connectivity index (χ1v) is 9.63. The number of hydrogen-bond acceptors (Lipinski definition) is 6. The number of carbonyl (C=O) groups is 1. The predicted molar refractivity (Wildman–Crippen MR) is 111 cm³/mol. The van der Waals surface area contributed by atoms with Gasteiger partial charge in [0.05, 0.1) is 31.0 Å². The van der Waals surface area contributed by atoms with Gasteiger partial charge >= 0.3 is 0 Å². The molecule has 1 N–H and O–H groups in total. The maximum atomic E-state index is 13.0. The third kappa shape index (κ3) is 3.76. The lowest BCUT2D eigenvalue weighted by atomic mass is 10.1. The van der Waals surface area contributed by atoms with Gasteiger partial charge in [-0.1, -0.05) is 12.1 Å². The highest BCUT2D eigenvalue weighted by molar-refractivity contribution is 5.97. The third-order valence-electron chi connectivity index (χ3n) is 5.20. The zero-order valence-corrected chi connectivity index (χ0v) is 16.8. The number of pyridine rings is 1. The number of amides is 1. The molecule has 1 atom stereocenters. The van der Waals surface area contributed by atoms with Crippen molar-refractivity contribution in [3.63, 3.8) is 0 Å². The Morgan fingerprint density at radius 3 is 2.80 bits per heavy atom. The highest BCUT2D eigenvalue weighted by atomic mass is 16.5. The van der Waals surface area contributed by atoms with Crippen molar-refractivity contribution in [3.8, 4) is 22.9 Å². The maximum absolute atomic E-state index is 13.0. The molecular formula is C22H22N4O4. The Labute approximate surface area is 173 Å². The topological polar surface area (TPSA) is 97.4 Å². The van der Waals surface area contributed by atoms with Crippen LogP contribution in [0.5, 0.6) is 11.6 Å². The van der Waals surface area contributed by atoms with Crippen molar-refractivity contribution in [2.45, 2.75) is 12.3 Å². The number of H-pyrrole nitrogens is 1. The number of carbonyl (C=O) groups excluding carboxylic acids is 1. The molecule has 1 saturated heterocycles. The fourth-order valence-electron chi connectivity index (χ4n) is 3.72. The molecule has 1 aromatic carbocycles. The largest absolute Gasteiger partial charge is 0.496 e. The van der Waals surface area contributed by atoms with Crippen LogP contribution in [-0.4, -0.2) is 53.1 Å². The molecule has 3 aromatic rings. The summed E-state index contributed by atoms with van der Waals surface area (Å²) in [4.78, 5) is 38.7. The van der Waals surface area contributed by atoms with Gasteiger partial charge in [-0.3, -0.25) is 9.59 Å². The Balaban J connectivity index is 1.60. The number of benzene rings is 1. The molecule has 1 aliphatic rings. The summed E-state index contributed by atoms with van der Waals surface area (Å²) in [5.41, 5.74) is 1.41. The third-order valence-corrected chi connectivity index (χ3v) is 5.20. The highest BCUT2D eigenvalue weighted by Crippen LogP contribution is 2.30. The summed E-state index contributed by atoms with van der Waals surface area (Å²) in [7, 11) is 3.07. The fraction of sp³-hybridized carbons (Fsp3) is 0.273. The monoisotopic (exact) mass is 406 g/mol. The number of aromatic amines is 1. The van der Waals surface area contributed by atoms with E-state index in [0.29, 0.717) is 53.8 Å². The first-order valence-electron chi connectivity index (χ1n) is 9.63. The summed E-state index contributed by atoms with van der Waals surface area (Å²) >= 11 is 0. The van der Waals surface area contributed by atoms with Crippen LogP contribution >= 0.6 is 0 Å². The predicted octanol–water partition coefficient (Wildman–Crippen LogP) is 2.48. The number of nitrogens with zero attached hydrogens (tertiary/aromatic N) is 3. The van der Waals surface area contributed by atoms with Gasteiger partial charge < -0.3 is 19.4 Å². The van der Waals surface area contributed by atoms with Gasteiger partial charge in [0.25, 0.3) is 11.5 Å². The molecule has 4 rings (SSSR count). The molecule has 0 aliphatic carbocycles. The Morgan fingerprint density at radius 2 is 2.00 bits per heavy atom. The number of rotatable bonds is 5. The molecule has 30 heavy (non-hydrogen) atoms. The Kier molecular flexibility index (Phi) is 5.47. The summed E-state index contributed by atoms with van der Waals surface area (Å²) in [5.74, 6) is 1.34. The number of likely N-dealkylation sites (tertiary alicyclic amines) is 1. The molecule has 154 valence electrons. The molecule has 2 aromatic heterocycles. The summed E-state index contributed by atoms with van der Waals surface area (Å²) in [6.07, 6.45) is 2.33. The van der Waals surface area contributed by atoms with Crippen LogP contribution in [-0.2, 0) is 0 Å². The Hall–Kier alpha value is -3.68. The second kappa shape index (κ2) is 8.36. The summed E-state index contributed by atoms with van der Waals surface area (Å²) in [5, 5.41) is 0. The first-order chi connectivity index (χ1) is 14.6. The van der Waals surface area contributed by atoms with Crippen LogP contribution in [0.2, 0.25) is 0 Å². The van der Waals surface area contributed by atoms with Gasteiger partial charge in [-0.25, -0.2) is 9.97 Å². The minimum absolute atomic E-state index is 0.0704. The van der Waals surface area contributed by atoms with Gasteiger partial charge in [0.15, 0.2) is 0 Å². The van der Waals surface area contributed by atoms with E-state index in [4.69, 9.17) is 9.47 Å². The van der Waals surface area contributed by atoms with E-state index in [1.54, 1.807) is 36.4 Å². The van der Waals surface area contributed by atoms with Crippen molar-refractivity contribution < 1.29 is 14.3 Å².